The smallest absolute Gasteiger partial charge is 0.220 e. The first kappa shape index (κ1) is 82.0. The highest BCUT2D eigenvalue weighted by Gasteiger charge is 2.53. The lowest BCUT2D eigenvalue weighted by molar-refractivity contribution is -0.379. The topological polar surface area (TPSA) is 307 Å². The van der Waals surface area contributed by atoms with Gasteiger partial charge in [-0.1, -0.05) is 255 Å². The third-order valence-electron chi connectivity index (χ3n) is 17.9. The number of hydrogen-bond donors (Lipinski definition) is 12. The molecule has 0 spiro atoms. The molecule has 0 radical (unpaired) electrons. The maximum Gasteiger partial charge on any atom is 0.220 e. The maximum atomic E-state index is 13.2. The van der Waals surface area contributed by atoms with E-state index in [2.05, 4.69) is 48.7 Å². The van der Waals surface area contributed by atoms with Gasteiger partial charge in [0.2, 0.25) is 5.91 Å². The zero-order chi connectivity index (χ0) is 65.4. The van der Waals surface area contributed by atoms with Gasteiger partial charge in [-0.15, -0.1) is 0 Å². The van der Waals surface area contributed by atoms with Crippen LogP contribution in [0.5, 0.6) is 0 Å². The zero-order valence-electron chi connectivity index (χ0n) is 55.6. The van der Waals surface area contributed by atoms with Crippen molar-refractivity contribution >= 4 is 5.91 Å². The molecule has 19 nitrogen and oxygen atoms in total. The minimum absolute atomic E-state index is 0.244. The Morgan fingerprint density at radius 3 is 1.17 bits per heavy atom. The van der Waals surface area contributed by atoms with Gasteiger partial charge in [0.25, 0.3) is 0 Å². The Morgan fingerprint density at radius 1 is 0.400 bits per heavy atom. The zero-order valence-corrected chi connectivity index (χ0v) is 55.6. The number of nitrogens with one attached hydrogen (secondary N) is 1. The Balaban J connectivity index is 1.18. The lowest BCUT2D eigenvalue weighted by Crippen LogP contribution is -2.66. The van der Waals surface area contributed by atoms with Gasteiger partial charge in [-0.3, -0.25) is 4.79 Å². The molecule has 0 bridgehead atoms. The third kappa shape index (κ3) is 34.4. The first-order valence-corrected chi connectivity index (χ1v) is 35.9. The van der Waals surface area contributed by atoms with Crippen LogP contribution in [0.2, 0.25) is 0 Å². The largest absolute Gasteiger partial charge is 0.394 e. The maximum absolute atomic E-state index is 13.2. The summed E-state index contributed by atoms with van der Waals surface area (Å²) in [6.45, 7) is 1.55. The van der Waals surface area contributed by atoms with Crippen LogP contribution in [-0.2, 0) is 33.2 Å². The number of aliphatic hydroxyl groups excluding tert-OH is 11. The minimum atomic E-state index is -1.98. The van der Waals surface area contributed by atoms with Crippen LogP contribution in [0.25, 0.3) is 0 Å². The second-order valence-corrected chi connectivity index (χ2v) is 25.7. The van der Waals surface area contributed by atoms with Crippen LogP contribution in [0.4, 0.5) is 0 Å². The van der Waals surface area contributed by atoms with E-state index in [1.54, 1.807) is 6.08 Å². The highest BCUT2D eigenvalue weighted by Crippen LogP contribution is 2.33. The molecule has 3 aliphatic rings. The number of allylic oxidation sites excluding steroid dienone is 7. The first-order valence-electron chi connectivity index (χ1n) is 35.9. The fraction of sp³-hybridized carbons (Fsp3) is 0.873. The van der Waals surface area contributed by atoms with E-state index in [0.29, 0.717) is 12.8 Å². The average Bonchev–Trinajstić information content (AvgIpc) is 1.01. The van der Waals surface area contributed by atoms with Crippen molar-refractivity contribution in [3.63, 3.8) is 0 Å². The van der Waals surface area contributed by atoms with E-state index >= 15 is 0 Å². The molecule has 0 aromatic carbocycles. The predicted molar refractivity (Wildman–Crippen MR) is 351 cm³/mol. The van der Waals surface area contributed by atoms with Crippen molar-refractivity contribution in [1.29, 1.82) is 0 Å². The van der Waals surface area contributed by atoms with Gasteiger partial charge in [0, 0.05) is 6.42 Å². The predicted octanol–water partition coefficient (Wildman–Crippen LogP) is 9.78. The molecular formula is C71H129NO18. The summed E-state index contributed by atoms with van der Waals surface area (Å²) in [5.41, 5.74) is 0. The Kier molecular flexibility index (Phi) is 48.2. The Morgan fingerprint density at radius 2 is 0.744 bits per heavy atom. The summed E-state index contributed by atoms with van der Waals surface area (Å²) in [6, 6.07) is -0.967. The summed E-state index contributed by atoms with van der Waals surface area (Å²) in [5.74, 6) is -0.282. The number of carbonyl (C=O) groups excluding carboxylic acids is 1. The third-order valence-corrected chi connectivity index (χ3v) is 17.9. The summed E-state index contributed by atoms with van der Waals surface area (Å²) in [6.07, 6.45) is 38.3. The van der Waals surface area contributed by atoms with Gasteiger partial charge in [-0.25, -0.2) is 0 Å². The molecule has 3 aliphatic heterocycles. The van der Waals surface area contributed by atoms with E-state index in [-0.39, 0.29) is 18.9 Å². The molecule has 3 saturated heterocycles. The van der Waals surface area contributed by atoms with Crippen molar-refractivity contribution in [2.75, 3.05) is 26.4 Å². The van der Waals surface area contributed by atoms with Gasteiger partial charge >= 0.3 is 0 Å². The Hall–Kier alpha value is -2.25. The summed E-state index contributed by atoms with van der Waals surface area (Å²) in [5, 5.41) is 119. The second-order valence-electron chi connectivity index (χ2n) is 25.7. The number of aliphatic hydroxyl groups is 11. The van der Waals surface area contributed by atoms with Gasteiger partial charge in [0.15, 0.2) is 18.9 Å². The van der Waals surface area contributed by atoms with Crippen LogP contribution in [0.15, 0.2) is 48.6 Å². The first-order chi connectivity index (χ1) is 43.8. The van der Waals surface area contributed by atoms with Crippen molar-refractivity contribution < 1.29 is 89.4 Å². The summed E-state index contributed by atoms with van der Waals surface area (Å²) in [7, 11) is 0. The Bertz CT molecular complexity index is 1820. The van der Waals surface area contributed by atoms with Gasteiger partial charge in [0.05, 0.1) is 38.6 Å². The summed E-state index contributed by atoms with van der Waals surface area (Å²) >= 11 is 0. The number of unbranched alkanes of at least 4 members (excludes halogenated alkanes) is 33. The van der Waals surface area contributed by atoms with E-state index in [1.807, 2.05) is 13.0 Å². The molecule has 0 aromatic rings. The van der Waals surface area contributed by atoms with Gasteiger partial charge in [-0.05, 0) is 51.4 Å². The molecule has 17 unspecified atom stereocenters. The van der Waals surface area contributed by atoms with Crippen LogP contribution in [0, 0.1) is 0 Å². The van der Waals surface area contributed by atoms with E-state index in [1.165, 1.54) is 186 Å². The Labute approximate surface area is 542 Å². The van der Waals surface area contributed by atoms with Gasteiger partial charge in [-0.2, -0.15) is 0 Å². The number of hydrogen-bond acceptors (Lipinski definition) is 18. The molecule has 0 saturated carbocycles. The molecule has 90 heavy (non-hydrogen) atoms. The summed E-state index contributed by atoms with van der Waals surface area (Å²) in [4.78, 5) is 13.2. The fourth-order valence-electron chi connectivity index (χ4n) is 12.0. The quantitative estimate of drug-likeness (QED) is 0.0199. The van der Waals surface area contributed by atoms with E-state index < -0.39 is 124 Å². The fourth-order valence-corrected chi connectivity index (χ4v) is 12.0. The molecule has 3 heterocycles. The number of rotatable bonds is 55. The lowest BCUT2D eigenvalue weighted by Gasteiger charge is -2.48. The van der Waals surface area contributed by atoms with Crippen LogP contribution < -0.4 is 5.32 Å². The van der Waals surface area contributed by atoms with Crippen molar-refractivity contribution in [3.05, 3.63) is 48.6 Å². The molecule has 3 fully saturated rings. The van der Waals surface area contributed by atoms with Crippen LogP contribution in [0.3, 0.4) is 0 Å². The van der Waals surface area contributed by atoms with Crippen molar-refractivity contribution in [1.82, 2.24) is 5.32 Å². The second kappa shape index (κ2) is 53.0. The van der Waals surface area contributed by atoms with Gasteiger partial charge < -0.3 is 89.9 Å². The van der Waals surface area contributed by atoms with E-state index in [9.17, 15) is 61.0 Å². The molecule has 0 aromatic heterocycles. The minimum Gasteiger partial charge on any atom is -0.394 e. The monoisotopic (exact) mass is 1280 g/mol. The molecule has 3 rings (SSSR count). The molecule has 526 valence electrons. The highest BCUT2D eigenvalue weighted by molar-refractivity contribution is 5.76. The number of ether oxygens (including phenoxy) is 6. The molecule has 17 atom stereocenters. The molecular weight excluding hydrogens is 1150 g/mol. The average molecular weight is 1280 g/mol. The van der Waals surface area contributed by atoms with Crippen LogP contribution >= 0.6 is 0 Å². The van der Waals surface area contributed by atoms with Gasteiger partial charge in [0.1, 0.15) is 73.2 Å². The standard InChI is InChI=1S/C71H129NO18/c1-3-5-7-9-10-11-12-13-14-15-16-17-18-19-20-21-22-23-24-25-26-27-28-29-30-31-32-33-34-35-36-37-38-39-40-41-42-43-44-45-47-49-59(77)72-54(55(76)48-46-8-6-4-2)53-85-69-65(83)62(80)67(57(51-74)87-69)90-71-66(84)63(81)68(58(52-75)88-71)89-70-64(82)61(79)60(78)56(50-73)86-70/h12-13,15-16,18-19,46,48,54-58,60-71,73-76,78-84H,3-11,14,17,20-45,47,49-53H2,1-2H3,(H,72,77)/b13-12-,16-15-,19-18-,48-46+. The SMILES string of the molecule is CCCC/C=C/C(O)C(COC1OC(CO)C(OC2OC(CO)C(OC3OC(CO)C(O)C(O)C3O)C(O)C2O)C(O)C1O)NC(=O)CCCCCCCCCCCCCCCCCCCCCCCCCCCC/C=C\C/C=C\C/C=C\CCCCCCC. The van der Waals surface area contributed by atoms with E-state index in [4.69, 9.17) is 28.4 Å². The highest BCUT2D eigenvalue weighted by atomic mass is 16.8. The molecule has 19 heteroatoms. The normalized spacial score (nSPS) is 28.3. The van der Waals surface area contributed by atoms with E-state index in [0.717, 1.165) is 44.9 Å². The van der Waals surface area contributed by atoms with Crippen molar-refractivity contribution in [2.45, 2.75) is 369 Å². The number of amides is 1. The van der Waals surface area contributed by atoms with Crippen LogP contribution in [-0.4, -0.2) is 193 Å². The van der Waals surface area contributed by atoms with Crippen LogP contribution in [0.1, 0.15) is 264 Å². The molecule has 12 N–H and O–H groups in total. The summed E-state index contributed by atoms with van der Waals surface area (Å²) < 4.78 is 34.1. The molecule has 0 aliphatic carbocycles. The van der Waals surface area contributed by atoms with Crippen molar-refractivity contribution in [3.8, 4) is 0 Å². The number of carbonyl (C=O) groups is 1. The van der Waals surface area contributed by atoms with Crippen molar-refractivity contribution in [2.24, 2.45) is 0 Å². The lowest BCUT2D eigenvalue weighted by atomic mass is 9.96. The molecule has 1 amide bonds.